The number of rotatable bonds is 5. The topological polar surface area (TPSA) is 29.9 Å². The summed E-state index contributed by atoms with van der Waals surface area (Å²) in [5, 5.41) is 7.74. The third kappa shape index (κ3) is 3.20. The molecule has 1 aromatic carbocycles. The molecule has 2 aromatic rings. The molecule has 1 heterocycles. The Kier molecular flexibility index (Phi) is 4.15. The summed E-state index contributed by atoms with van der Waals surface area (Å²) in [5.41, 5.74) is 4.00. The van der Waals surface area contributed by atoms with Crippen LogP contribution in [0.1, 0.15) is 29.7 Å². The van der Waals surface area contributed by atoms with Crippen LogP contribution in [0, 0.1) is 6.92 Å². The lowest BCUT2D eigenvalue weighted by Crippen LogP contribution is -2.21. The number of aryl methyl sites for hydroxylation is 2. The highest BCUT2D eigenvalue weighted by Crippen LogP contribution is 2.16. The largest absolute Gasteiger partial charge is 0.310 e. The first-order chi connectivity index (χ1) is 8.66. The molecule has 1 unspecified atom stereocenters. The summed E-state index contributed by atoms with van der Waals surface area (Å²) in [6, 6.07) is 8.93. The van der Waals surface area contributed by atoms with E-state index in [9.17, 15) is 0 Å². The number of hydrogen-bond acceptors (Lipinski definition) is 2. The van der Waals surface area contributed by atoms with Crippen molar-refractivity contribution < 1.29 is 0 Å². The molecule has 0 amide bonds. The normalized spacial score (nSPS) is 12.6. The Balaban J connectivity index is 1.85. The predicted molar refractivity (Wildman–Crippen MR) is 74.5 cm³/mol. The van der Waals surface area contributed by atoms with E-state index in [1.165, 1.54) is 16.7 Å². The maximum absolute atomic E-state index is 4.18. The van der Waals surface area contributed by atoms with Crippen molar-refractivity contribution in [1.29, 1.82) is 0 Å². The van der Waals surface area contributed by atoms with Crippen LogP contribution in [0.5, 0.6) is 0 Å². The molecular weight excluding hydrogens is 222 g/mol. The van der Waals surface area contributed by atoms with Gasteiger partial charge in [0.25, 0.3) is 0 Å². The molecule has 96 valence electrons. The first-order valence-electron chi connectivity index (χ1n) is 6.43. The van der Waals surface area contributed by atoms with E-state index in [-0.39, 0.29) is 0 Å². The van der Waals surface area contributed by atoms with Crippen LogP contribution in [0.2, 0.25) is 0 Å². The average molecular weight is 243 g/mol. The summed E-state index contributed by atoms with van der Waals surface area (Å²) < 4.78 is 1.85. The van der Waals surface area contributed by atoms with Crippen LogP contribution in [0.15, 0.2) is 36.7 Å². The van der Waals surface area contributed by atoms with Crippen molar-refractivity contribution >= 4 is 0 Å². The number of benzene rings is 1. The van der Waals surface area contributed by atoms with Crippen molar-refractivity contribution in [3.63, 3.8) is 0 Å². The van der Waals surface area contributed by atoms with Gasteiger partial charge in [-0.2, -0.15) is 5.10 Å². The molecule has 0 fully saturated rings. The monoisotopic (exact) mass is 243 g/mol. The first-order valence-corrected chi connectivity index (χ1v) is 6.43. The highest BCUT2D eigenvalue weighted by atomic mass is 15.2. The van der Waals surface area contributed by atoms with E-state index in [0.717, 1.165) is 13.0 Å². The minimum Gasteiger partial charge on any atom is -0.310 e. The Labute approximate surface area is 109 Å². The Morgan fingerprint density at radius 2 is 2.11 bits per heavy atom. The highest BCUT2D eigenvalue weighted by molar-refractivity contribution is 5.28. The quantitative estimate of drug-likeness (QED) is 0.875. The second-order valence-corrected chi connectivity index (χ2v) is 4.80. The van der Waals surface area contributed by atoms with Crippen LogP contribution in [-0.2, 0) is 13.5 Å². The average Bonchev–Trinajstić information content (AvgIpc) is 2.75. The molecule has 0 radical (unpaired) electrons. The van der Waals surface area contributed by atoms with E-state index in [1.807, 2.05) is 17.9 Å². The van der Waals surface area contributed by atoms with Crippen LogP contribution in [0.3, 0.4) is 0 Å². The molecule has 0 aliphatic carbocycles. The minimum atomic E-state index is 0.392. The second kappa shape index (κ2) is 5.83. The fourth-order valence-corrected chi connectivity index (χ4v) is 2.22. The molecule has 18 heavy (non-hydrogen) atoms. The lowest BCUT2D eigenvalue weighted by Gasteiger charge is -2.16. The molecule has 0 spiro atoms. The molecule has 0 bridgehead atoms. The fraction of sp³-hybridized carbons (Fsp3) is 0.400. The van der Waals surface area contributed by atoms with Crippen LogP contribution >= 0.6 is 0 Å². The summed E-state index contributed by atoms with van der Waals surface area (Å²) in [7, 11) is 1.95. The molecule has 0 saturated carbocycles. The Bertz CT molecular complexity index is 502. The van der Waals surface area contributed by atoms with Gasteiger partial charge in [0, 0.05) is 19.3 Å². The Morgan fingerprint density at radius 3 is 2.78 bits per heavy atom. The highest BCUT2D eigenvalue weighted by Gasteiger charge is 2.06. The predicted octanol–water partition coefficient (Wildman–Crippen LogP) is 2.62. The molecule has 1 N–H and O–H groups in total. The van der Waals surface area contributed by atoms with Gasteiger partial charge < -0.3 is 5.32 Å². The van der Waals surface area contributed by atoms with Crippen LogP contribution in [0.25, 0.3) is 0 Å². The summed E-state index contributed by atoms with van der Waals surface area (Å²) in [6.45, 7) is 5.35. The zero-order valence-corrected chi connectivity index (χ0v) is 11.4. The van der Waals surface area contributed by atoms with Crippen LogP contribution in [0.4, 0.5) is 0 Å². The molecule has 2 rings (SSSR count). The maximum atomic E-state index is 4.18. The number of nitrogens with one attached hydrogen (secondary N) is 1. The second-order valence-electron chi connectivity index (χ2n) is 4.80. The van der Waals surface area contributed by atoms with Gasteiger partial charge in [0.05, 0.1) is 6.20 Å². The zero-order chi connectivity index (χ0) is 13.0. The van der Waals surface area contributed by atoms with Crippen molar-refractivity contribution in [3.05, 3.63) is 53.3 Å². The van der Waals surface area contributed by atoms with Crippen LogP contribution in [-0.4, -0.2) is 16.3 Å². The van der Waals surface area contributed by atoms with Gasteiger partial charge in [0.2, 0.25) is 0 Å². The SMILES string of the molecule is Cc1ccccc1C(C)NCCc1cnn(C)c1. The standard InChI is InChI=1S/C15H21N3/c1-12-6-4-5-7-15(12)13(2)16-9-8-14-10-17-18(3)11-14/h4-7,10-11,13,16H,8-9H2,1-3H3. The lowest BCUT2D eigenvalue weighted by atomic mass is 10.0. The lowest BCUT2D eigenvalue weighted by molar-refractivity contribution is 0.574. The van der Waals surface area contributed by atoms with E-state index in [2.05, 4.69) is 54.7 Å². The van der Waals surface area contributed by atoms with E-state index in [1.54, 1.807) is 0 Å². The van der Waals surface area contributed by atoms with Crippen molar-refractivity contribution in [2.75, 3.05) is 6.54 Å². The van der Waals surface area contributed by atoms with Gasteiger partial charge in [-0.3, -0.25) is 4.68 Å². The first kappa shape index (κ1) is 12.8. The van der Waals surface area contributed by atoms with E-state index >= 15 is 0 Å². The Hall–Kier alpha value is -1.61. The summed E-state index contributed by atoms with van der Waals surface area (Å²) in [5.74, 6) is 0. The van der Waals surface area contributed by atoms with E-state index < -0.39 is 0 Å². The number of hydrogen-bond donors (Lipinski definition) is 1. The molecule has 3 heteroatoms. The molecule has 0 saturated heterocycles. The number of aromatic nitrogens is 2. The summed E-state index contributed by atoms with van der Waals surface area (Å²) >= 11 is 0. The molecular formula is C15H21N3. The number of nitrogens with zero attached hydrogens (tertiary/aromatic N) is 2. The third-order valence-electron chi connectivity index (χ3n) is 3.28. The van der Waals surface area contributed by atoms with Crippen molar-refractivity contribution in [3.8, 4) is 0 Å². The van der Waals surface area contributed by atoms with E-state index in [0.29, 0.717) is 6.04 Å². The van der Waals surface area contributed by atoms with Gasteiger partial charge in [-0.05, 0) is 43.5 Å². The summed E-state index contributed by atoms with van der Waals surface area (Å²) in [6.07, 6.45) is 5.02. The third-order valence-corrected chi connectivity index (χ3v) is 3.28. The molecule has 0 aliphatic rings. The van der Waals surface area contributed by atoms with Gasteiger partial charge >= 0.3 is 0 Å². The van der Waals surface area contributed by atoms with Gasteiger partial charge in [0.15, 0.2) is 0 Å². The van der Waals surface area contributed by atoms with E-state index in [4.69, 9.17) is 0 Å². The van der Waals surface area contributed by atoms with Gasteiger partial charge in [-0.25, -0.2) is 0 Å². The Morgan fingerprint density at radius 1 is 1.33 bits per heavy atom. The van der Waals surface area contributed by atoms with Crippen LogP contribution < -0.4 is 5.32 Å². The minimum absolute atomic E-state index is 0.392. The maximum Gasteiger partial charge on any atom is 0.0522 e. The van der Waals surface area contributed by atoms with Gasteiger partial charge in [-0.15, -0.1) is 0 Å². The van der Waals surface area contributed by atoms with Crippen molar-refractivity contribution in [2.24, 2.45) is 7.05 Å². The fourth-order valence-electron chi connectivity index (χ4n) is 2.22. The molecule has 1 atom stereocenters. The van der Waals surface area contributed by atoms with Crippen molar-refractivity contribution in [1.82, 2.24) is 15.1 Å². The summed E-state index contributed by atoms with van der Waals surface area (Å²) in [4.78, 5) is 0. The van der Waals surface area contributed by atoms with Gasteiger partial charge in [-0.1, -0.05) is 24.3 Å². The molecule has 3 nitrogen and oxygen atoms in total. The molecule has 0 aliphatic heterocycles. The molecule has 1 aromatic heterocycles. The smallest absolute Gasteiger partial charge is 0.0522 e. The van der Waals surface area contributed by atoms with Crippen molar-refractivity contribution in [2.45, 2.75) is 26.3 Å². The zero-order valence-electron chi connectivity index (χ0n) is 11.4. The van der Waals surface area contributed by atoms with Gasteiger partial charge in [0.1, 0.15) is 0 Å².